The van der Waals surface area contributed by atoms with Crippen molar-refractivity contribution in [1.82, 2.24) is 14.3 Å². The van der Waals surface area contributed by atoms with Crippen molar-refractivity contribution in [2.24, 2.45) is 5.92 Å². The molecule has 0 radical (unpaired) electrons. The Morgan fingerprint density at radius 3 is 2.75 bits per heavy atom. The zero-order valence-electron chi connectivity index (χ0n) is 11.9. The zero-order valence-corrected chi connectivity index (χ0v) is 13.6. The molecule has 7 nitrogen and oxygen atoms in total. The number of carbonyl (C=O) groups excluding carboxylic acids is 1. The summed E-state index contributed by atoms with van der Waals surface area (Å²) < 4.78 is 32.0. The molecule has 9 heteroatoms. The maximum atomic E-state index is 11.9. The summed E-state index contributed by atoms with van der Waals surface area (Å²) in [4.78, 5) is 11.0. The minimum atomic E-state index is -3.52. The van der Waals surface area contributed by atoms with Gasteiger partial charge in [0.1, 0.15) is 0 Å². The van der Waals surface area contributed by atoms with E-state index in [0.29, 0.717) is 12.5 Å². The van der Waals surface area contributed by atoms with Crippen molar-refractivity contribution < 1.29 is 17.9 Å². The molecule has 1 rings (SSSR count). The van der Waals surface area contributed by atoms with Crippen LogP contribution in [0.3, 0.4) is 0 Å². The molecule has 0 spiro atoms. The minimum absolute atomic E-state index is 0. The summed E-state index contributed by atoms with van der Waals surface area (Å²) in [6.07, 6.45) is 2.16. The Morgan fingerprint density at radius 1 is 1.50 bits per heavy atom. The van der Waals surface area contributed by atoms with Crippen LogP contribution < -0.4 is 10.0 Å². The number of halogens is 1. The number of hydrogen-bond acceptors (Lipinski definition) is 5. The van der Waals surface area contributed by atoms with E-state index in [2.05, 4.69) is 14.8 Å². The highest BCUT2D eigenvalue weighted by atomic mass is 35.5. The van der Waals surface area contributed by atoms with Crippen LogP contribution in [0.1, 0.15) is 19.3 Å². The molecule has 0 aromatic rings. The van der Waals surface area contributed by atoms with Crippen LogP contribution in [-0.2, 0) is 19.7 Å². The van der Waals surface area contributed by atoms with E-state index in [-0.39, 0.29) is 25.4 Å². The molecule has 2 N–H and O–H groups in total. The summed E-state index contributed by atoms with van der Waals surface area (Å²) in [5, 5.41) is 3.24. The first-order valence-corrected chi connectivity index (χ1v) is 7.88. The number of nitrogens with one attached hydrogen (secondary N) is 2. The third-order valence-electron chi connectivity index (χ3n) is 3.22. The fourth-order valence-electron chi connectivity index (χ4n) is 1.90. The molecule has 0 aromatic heterocycles. The lowest BCUT2D eigenvalue weighted by atomic mass is 10.0. The third kappa shape index (κ3) is 6.85. The monoisotopic (exact) mass is 329 g/mol. The fraction of sp³-hybridized carbons (Fsp3) is 0.909. The number of ether oxygens (including phenoxy) is 1. The van der Waals surface area contributed by atoms with Gasteiger partial charge < -0.3 is 10.1 Å². The maximum Gasteiger partial charge on any atom is 0.306 e. The summed E-state index contributed by atoms with van der Waals surface area (Å²) in [7, 11) is -0.784. The van der Waals surface area contributed by atoms with Crippen LogP contribution in [0.4, 0.5) is 0 Å². The zero-order chi connectivity index (χ0) is 14.3. The van der Waals surface area contributed by atoms with Crippen molar-refractivity contribution in [2.75, 3.05) is 40.3 Å². The summed E-state index contributed by atoms with van der Waals surface area (Å²) in [5.41, 5.74) is 0. The molecule has 1 heterocycles. The van der Waals surface area contributed by atoms with Gasteiger partial charge in [0.05, 0.1) is 13.5 Å². The van der Waals surface area contributed by atoms with Gasteiger partial charge in [-0.3, -0.25) is 4.79 Å². The highest BCUT2D eigenvalue weighted by molar-refractivity contribution is 7.87. The molecule has 1 unspecified atom stereocenters. The molecule has 1 aliphatic rings. The van der Waals surface area contributed by atoms with Gasteiger partial charge in [-0.05, 0) is 31.8 Å². The van der Waals surface area contributed by atoms with Crippen LogP contribution >= 0.6 is 12.4 Å². The van der Waals surface area contributed by atoms with E-state index in [0.717, 1.165) is 30.2 Å². The van der Waals surface area contributed by atoms with Crippen LogP contribution in [0.2, 0.25) is 0 Å². The molecule has 0 amide bonds. The molecule has 1 atom stereocenters. The van der Waals surface area contributed by atoms with Crippen LogP contribution in [0.15, 0.2) is 0 Å². The van der Waals surface area contributed by atoms with E-state index in [1.807, 2.05) is 0 Å². The second-order valence-electron chi connectivity index (χ2n) is 4.71. The third-order valence-corrected chi connectivity index (χ3v) is 4.76. The fourth-order valence-corrected chi connectivity index (χ4v) is 2.90. The van der Waals surface area contributed by atoms with Crippen molar-refractivity contribution in [1.29, 1.82) is 0 Å². The predicted molar refractivity (Wildman–Crippen MR) is 79.0 cm³/mol. The van der Waals surface area contributed by atoms with Gasteiger partial charge in [0.15, 0.2) is 0 Å². The summed E-state index contributed by atoms with van der Waals surface area (Å²) in [6.45, 7) is 2.39. The normalized spacial score (nSPS) is 19.4. The highest BCUT2D eigenvalue weighted by Crippen LogP contribution is 2.09. The number of methoxy groups -OCH3 is 1. The number of nitrogens with zero attached hydrogens (tertiary/aromatic N) is 1. The molecule has 1 fully saturated rings. The van der Waals surface area contributed by atoms with Crippen molar-refractivity contribution >= 4 is 28.6 Å². The largest absolute Gasteiger partial charge is 0.469 e. The molecule has 0 saturated carbocycles. The molecule has 120 valence electrons. The highest BCUT2D eigenvalue weighted by Gasteiger charge is 2.21. The van der Waals surface area contributed by atoms with Gasteiger partial charge in [0.25, 0.3) is 10.2 Å². The molecule has 20 heavy (non-hydrogen) atoms. The molecule has 1 saturated heterocycles. The van der Waals surface area contributed by atoms with Crippen LogP contribution in [0.25, 0.3) is 0 Å². The van der Waals surface area contributed by atoms with E-state index in [4.69, 9.17) is 0 Å². The van der Waals surface area contributed by atoms with Crippen LogP contribution in [0, 0.1) is 5.92 Å². The molecular formula is C11H24ClN3O4S. The Hall–Kier alpha value is -0.410. The average molecular weight is 330 g/mol. The van der Waals surface area contributed by atoms with Crippen molar-refractivity contribution in [3.8, 4) is 0 Å². The van der Waals surface area contributed by atoms with Gasteiger partial charge in [0, 0.05) is 20.1 Å². The van der Waals surface area contributed by atoms with E-state index >= 15 is 0 Å². The van der Waals surface area contributed by atoms with Gasteiger partial charge in [0.2, 0.25) is 0 Å². The van der Waals surface area contributed by atoms with Crippen LogP contribution in [-0.4, -0.2) is 59.0 Å². The number of rotatable bonds is 7. The standard InChI is InChI=1S/C11H23N3O4S.ClH/c1-14(7-5-11(15)18-2)19(16,17)13-9-10-4-3-6-12-8-10;/h10,12-13H,3-9H2,1-2H3;1H. The Balaban J connectivity index is 0.00000361. The van der Waals surface area contributed by atoms with Gasteiger partial charge >= 0.3 is 5.97 Å². The topological polar surface area (TPSA) is 87.7 Å². The van der Waals surface area contributed by atoms with Gasteiger partial charge in [-0.1, -0.05) is 0 Å². The van der Waals surface area contributed by atoms with Gasteiger partial charge in [-0.15, -0.1) is 12.4 Å². The number of piperidine rings is 1. The number of esters is 1. The Labute approximate surface area is 127 Å². The molecule has 0 bridgehead atoms. The van der Waals surface area contributed by atoms with Gasteiger partial charge in [-0.2, -0.15) is 12.7 Å². The van der Waals surface area contributed by atoms with E-state index < -0.39 is 16.2 Å². The van der Waals surface area contributed by atoms with Crippen molar-refractivity contribution in [2.45, 2.75) is 19.3 Å². The lowest BCUT2D eigenvalue weighted by Gasteiger charge is -2.24. The molecular weight excluding hydrogens is 306 g/mol. The lowest BCUT2D eigenvalue weighted by Crippen LogP contribution is -2.43. The SMILES string of the molecule is COC(=O)CCN(C)S(=O)(=O)NCC1CCCNC1.Cl. The first-order chi connectivity index (χ1) is 8.95. The molecule has 1 aliphatic heterocycles. The lowest BCUT2D eigenvalue weighted by molar-refractivity contribution is -0.140. The first-order valence-electron chi connectivity index (χ1n) is 6.44. The van der Waals surface area contributed by atoms with Crippen LogP contribution in [0.5, 0.6) is 0 Å². The smallest absolute Gasteiger partial charge is 0.306 e. The summed E-state index contributed by atoms with van der Waals surface area (Å²) >= 11 is 0. The second-order valence-corrected chi connectivity index (χ2v) is 6.58. The van der Waals surface area contributed by atoms with Crippen molar-refractivity contribution in [3.05, 3.63) is 0 Å². The Morgan fingerprint density at radius 2 is 2.20 bits per heavy atom. The second kappa shape index (κ2) is 9.51. The molecule has 0 aromatic carbocycles. The predicted octanol–water partition coefficient (Wildman–Crippen LogP) is -0.263. The van der Waals surface area contributed by atoms with E-state index in [1.165, 1.54) is 14.2 Å². The Kier molecular flexibility index (Phi) is 9.32. The summed E-state index contributed by atoms with van der Waals surface area (Å²) in [5.74, 6) is -0.0870. The number of hydrogen-bond donors (Lipinski definition) is 2. The number of carbonyl (C=O) groups is 1. The first kappa shape index (κ1) is 19.6. The molecule has 0 aliphatic carbocycles. The van der Waals surface area contributed by atoms with E-state index in [9.17, 15) is 13.2 Å². The van der Waals surface area contributed by atoms with E-state index in [1.54, 1.807) is 0 Å². The minimum Gasteiger partial charge on any atom is -0.469 e. The van der Waals surface area contributed by atoms with Crippen molar-refractivity contribution in [3.63, 3.8) is 0 Å². The quantitative estimate of drug-likeness (QED) is 0.628. The average Bonchev–Trinajstić information content (AvgIpc) is 2.43. The maximum absolute atomic E-state index is 11.9. The Bertz CT molecular complexity index is 385. The van der Waals surface area contributed by atoms with Gasteiger partial charge in [-0.25, -0.2) is 4.72 Å². The summed E-state index contributed by atoms with van der Waals surface area (Å²) in [6, 6.07) is 0.